The van der Waals surface area contributed by atoms with Gasteiger partial charge in [-0.1, -0.05) is 18.2 Å². The van der Waals surface area contributed by atoms with Crippen LogP contribution in [0.1, 0.15) is 28.2 Å². The summed E-state index contributed by atoms with van der Waals surface area (Å²) in [7, 11) is 0. The van der Waals surface area contributed by atoms with E-state index in [4.69, 9.17) is 13.6 Å². The summed E-state index contributed by atoms with van der Waals surface area (Å²) in [6, 6.07) is 7.49. The van der Waals surface area contributed by atoms with Crippen molar-refractivity contribution in [3.63, 3.8) is 0 Å². The van der Waals surface area contributed by atoms with E-state index in [9.17, 15) is 4.79 Å². The highest BCUT2D eigenvalue weighted by molar-refractivity contribution is 6.05. The second kappa shape index (κ2) is 5.51. The Bertz CT molecular complexity index is 854. The summed E-state index contributed by atoms with van der Waals surface area (Å²) in [6.45, 7) is 3.04. The van der Waals surface area contributed by atoms with E-state index in [1.54, 1.807) is 11.8 Å². The van der Waals surface area contributed by atoms with Crippen LogP contribution < -0.4 is 0 Å². The maximum absolute atomic E-state index is 12.8. The second-order valence-corrected chi connectivity index (χ2v) is 5.42. The molecule has 1 aromatic carbocycles. The van der Waals surface area contributed by atoms with Gasteiger partial charge in [0.25, 0.3) is 5.91 Å². The number of ether oxygens (including phenoxy) is 1. The quantitative estimate of drug-likeness (QED) is 0.722. The van der Waals surface area contributed by atoms with E-state index < -0.39 is 6.10 Å². The summed E-state index contributed by atoms with van der Waals surface area (Å²) < 4.78 is 16.5. The van der Waals surface area contributed by atoms with Gasteiger partial charge in [0.15, 0.2) is 6.10 Å². The first-order valence-corrected chi connectivity index (χ1v) is 7.39. The Morgan fingerprint density at radius 2 is 2.17 bits per heavy atom. The zero-order valence-corrected chi connectivity index (χ0v) is 12.6. The number of furan rings is 1. The fourth-order valence-corrected chi connectivity index (χ4v) is 2.74. The number of benzene rings is 1. The van der Waals surface area contributed by atoms with Crippen LogP contribution in [-0.2, 0) is 4.74 Å². The summed E-state index contributed by atoms with van der Waals surface area (Å²) in [5, 5.41) is 8.60. The third kappa shape index (κ3) is 2.49. The molecule has 7 heteroatoms. The lowest BCUT2D eigenvalue weighted by molar-refractivity contribution is -0.0349. The summed E-state index contributed by atoms with van der Waals surface area (Å²) in [6.07, 6.45) is 1.11. The average Bonchev–Trinajstić information content (AvgIpc) is 3.20. The third-order valence-corrected chi connectivity index (χ3v) is 3.88. The first kappa shape index (κ1) is 14.0. The largest absolute Gasteiger partial charge is 0.463 e. The Kier molecular flexibility index (Phi) is 3.34. The monoisotopic (exact) mass is 313 g/mol. The third-order valence-electron chi connectivity index (χ3n) is 3.88. The highest BCUT2D eigenvalue weighted by atomic mass is 16.5. The molecule has 1 amide bonds. The molecule has 1 saturated heterocycles. The molecule has 1 unspecified atom stereocenters. The number of para-hydroxylation sites is 1. The minimum atomic E-state index is -0.396. The molecule has 0 bridgehead atoms. The van der Waals surface area contributed by atoms with Gasteiger partial charge in [-0.25, -0.2) is 0 Å². The predicted molar refractivity (Wildman–Crippen MR) is 79.8 cm³/mol. The summed E-state index contributed by atoms with van der Waals surface area (Å²) in [4.78, 5) is 14.5. The summed E-state index contributed by atoms with van der Waals surface area (Å²) in [5.74, 6) is 0.796. The van der Waals surface area contributed by atoms with Crippen molar-refractivity contribution in [1.29, 1.82) is 0 Å². The van der Waals surface area contributed by atoms with Crippen LogP contribution in [-0.4, -0.2) is 40.7 Å². The van der Waals surface area contributed by atoms with Gasteiger partial charge in [0.05, 0.1) is 18.7 Å². The number of fused-ring (bicyclic) bond motifs is 1. The lowest BCUT2D eigenvalue weighted by Crippen LogP contribution is -2.42. The van der Waals surface area contributed by atoms with Crippen molar-refractivity contribution in [2.45, 2.75) is 13.0 Å². The van der Waals surface area contributed by atoms with Crippen LogP contribution >= 0.6 is 0 Å². The number of morpholine rings is 1. The number of rotatable bonds is 2. The van der Waals surface area contributed by atoms with Crippen molar-refractivity contribution in [2.24, 2.45) is 0 Å². The van der Waals surface area contributed by atoms with Gasteiger partial charge < -0.3 is 18.5 Å². The van der Waals surface area contributed by atoms with Crippen LogP contribution in [0, 0.1) is 6.92 Å². The molecule has 3 aromatic rings. The van der Waals surface area contributed by atoms with Gasteiger partial charge in [-0.2, -0.15) is 0 Å². The molecule has 23 heavy (non-hydrogen) atoms. The number of hydrogen-bond acceptors (Lipinski definition) is 6. The molecule has 118 valence electrons. The Morgan fingerprint density at radius 3 is 3.00 bits per heavy atom. The lowest BCUT2D eigenvalue weighted by Gasteiger charge is -2.31. The molecule has 0 radical (unpaired) electrons. The minimum Gasteiger partial charge on any atom is -0.463 e. The van der Waals surface area contributed by atoms with Gasteiger partial charge in [0.1, 0.15) is 11.8 Å². The average molecular weight is 313 g/mol. The molecule has 4 rings (SSSR count). The van der Waals surface area contributed by atoms with Crippen molar-refractivity contribution in [3.05, 3.63) is 47.9 Å². The van der Waals surface area contributed by atoms with E-state index >= 15 is 0 Å². The molecule has 3 heterocycles. The van der Waals surface area contributed by atoms with Crippen LogP contribution in [0.3, 0.4) is 0 Å². The van der Waals surface area contributed by atoms with E-state index in [2.05, 4.69) is 10.2 Å². The van der Waals surface area contributed by atoms with Gasteiger partial charge >= 0.3 is 0 Å². The zero-order chi connectivity index (χ0) is 15.8. The van der Waals surface area contributed by atoms with Crippen LogP contribution in [0.25, 0.3) is 11.0 Å². The van der Waals surface area contributed by atoms with E-state index in [1.165, 1.54) is 6.26 Å². The van der Waals surface area contributed by atoms with Gasteiger partial charge in [0, 0.05) is 18.9 Å². The number of carbonyl (C=O) groups excluding carboxylic acids is 1. The maximum atomic E-state index is 12.8. The molecule has 0 spiro atoms. The molecule has 0 saturated carbocycles. The van der Waals surface area contributed by atoms with Gasteiger partial charge in [0.2, 0.25) is 11.8 Å². The number of hydrogen-bond donors (Lipinski definition) is 0. The van der Waals surface area contributed by atoms with Gasteiger partial charge in [-0.05, 0) is 6.07 Å². The van der Waals surface area contributed by atoms with Crippen molar-refractivity contribution < 1.29 is 18.4 Å². The lowest BCUT2D eigenvalue weighted by atomic mass is 10.1. The number of nitrogens with zero attached hydrogens (tertiary/aromatic N) is 3. The molecule has 2 aromatic heterocycles. The van der Waals surface area contributed by atoms with Crippen molar-refractivity contribution >= 4 is 16.9 Å². The molecule has 1 aliphatic heterocycles. The Hall–Kier alpha value is -2.67. The Morgan fingerprint density at radius 1 is 1.30 bits per heavy atom. The molecule has 1 atom stereocenters. The predicted octanol–water partition coefficient (Wildman–Crippen LogP) is 2.34. The molecule has 0 aliphatic carbocycles. The zero-order valence-electron chi connectivity index (χ0n) is 12.6. The number of carbonyl (C=O) groups is 1. The molecular weight excluding hydrogens is 298 g/mol. The fraction of sp³-hybridized carbons (Fsp3) is 0.312. The van der Waals surface area contributed by atoms with Crippen molar-refractivity contribution in [1.82, 2.24) is 15.1 Å². The molecule has 0 N–H and O–H groups in total. The molecular formula is C16H15N3O4. The summed E-state index contributed by atoms with van der Waals surface area (Å²) >= 11 is 0. The van der Waals surface area contributed by atoms with E-state index in [0.29, 0.717) is 42.6 Å². The normalized spacial score (nSPS) is 18.5. The Balaban J connectivity index is 1.58. The Labute approximate surface area is 131 Å². The smallest absolute Gasteiger partial charge is 0.257 e. The van der Waals surface area contributed by atoms with Crippen molar-refractivity contribution in [2.75, 3.05) is 19.7 Å². The first-order chi connectivity index (χ1) is 11.2. The molecule has 7 nitrogen and oxygen atoms in total. The fourth-order valence-electron chi connectivity index (χ4n) is 2.74. The van der Waals surface area contributed by atoms with Crippen LogP contribution in [0.5, 0.6) is 0 Å². The highest BCUT2D eigenvalue weighted by Gasteiger charge is 2.30. The van der Waals surface area contributed by atoms with Gasteiger partial charge in [-0.15, -0.1) is 10.2 Å². The maximum Gasteiger partial charge on any atom is 0.257 e. The first-order valence-electron chi connectivity index (χ1n) is 7.39. The van der Waals surface area contributed by atoms with Crippen LogP contribution in [0.4, 0.5) is 0 Å². The minimum absolute atomic E-state index is 0.0838. The number of aryl methyl sites for hydroxylation is 1. The summed E-state index contributed by atoms with van der Waals surface area (Å²) in [5.41, 5.74) is 1.26. The number of aromatic nitrogens is 2. The highest BCUT2D eigenvalue weighted by Crippen LogP contribution is 2.26. The van der Waals surface area contributed by atoms with Crippen LogP contribution in [0.2, 0.25) is 0 Å². The van der Waals surface area contributed by atoms with E-state index in [1.807, 2.05) is 24.3 Å². The van der Waals surface area contributed by atoms with Gasteiger partial charge in [-0.3, -0.25) is 4.79 Å². The van der Waals surface area contributed by atoms with E-state index in [0.717, 1.165) is 5.39 Å². The van der Waals surface area contributed by atoms with E-state index in [-0.39, 0.29) is 5.91 Å². The SMILES string of the molecule is Cc1nnc(C2CN(C(=O)c3coc4ccccc34)CCO2)o1. The van der Waals surface area contributed by atoms with Crippen molar-refractivity contribution in [3.8, 4) is 0 Å². The molecule has 1 fully saturated rings. The topological polar surface area (TPSA) is 81.6 Å². The molecule has 1 aliphatic rings. The number of amides is 1. The standard InChI is InChI=1S/C16H15N3O4/c1-10-17-18-15(23-10)14-8-19(6-7-21-14)16(20)12-9-22-13-5-3-2-4-11(12)13/h2-5,9,14H,6-8H2,1H3. The second-order valence-electron chi connectivity index (χ2n) is 5.42. The van der Waals surface area contributed by atoms with Crippen LogP contribution in [0.15, 0.2) is 39.4 Å².